The molecule has 92 valence electrons. The number of hydrogen-bond donors (Lipinski definition) is 1. The smallest absolute Gasteiger partial charge is 0.305 e. The van der Waals surface area contributed by atoms with Crippen molar-refractivity contribution in [3.63, 3.8) is 0 Å². The molecule has 1 aliphatic heterocycles. The lowest BCUT2D eigenvalue weighted by Gasteiger charge is -2.15. The van der Waals surface area contributed by atoms with Gasteiger partial charge in [-0.3, -0.25) is 10.1 Å². The Morgan fingerprint density at radius 3 is 2.82 bits per heavy atom. The van der Waals surface area contributed by atoms with Crippen molar-refractivity contribution in [2.45, 2.75) is 12.8 Å². The number of rotatable bonds is 4. The second-order valence-corrected chi connectivity index (χ2v) is 4.11. The number of hydrogen-bond acceptors (Lipinski definition) is 6. The molecule has 1 saturated heterocycles. The second kappa shape index (κ2) is 5.05. The van der Waals surface area contributed by atoms with Gasteiger partial charge in [0.25, 0.3) is 0 Å². The van der Waals surface area contributed by atoms with Crippen LogP contribution in [-0.2, 0) is 0 Å². The first-order chi connectivity index (χ1) is 8.20. The third-order valence-electron chi connectivity index (χ3n) is 2.94. The van der Waals surface area contributed by atoms with E-state index in [2.05, 4.69) is 9.97 Å². The average molecular weight is 238 g/mol. The molecule has 1 aliphatic rings. The predicted octanol–water partition coefficient (Wildman–Crippen LogP) is 0.593. The van der Waals surface area contributed by atoms with E-state index in [0.717, 1.165) is 25.9 Å². The molecule has 2 heterocycles. The molecular formula is C10H14N4O3. The maximum atomic E-state index is 10.5. The lowest BCUT2D eigenvalue weighted by Crippen LogP contribution is -2.22. The van der Waals surface area contributed by atoms with Crippen LogP contribution >= 0.6 is 0 Å². The van der Waals surface area contributed by atoms with Gasteiger partial charge < -0.3 is 10.0 Å². The molecule has 0 bridgehead atoms. The zero-order valence-corrected chi connectivity index (χ0v) is 9.32. The van der Waals surface area contributed by atoms with Gasteiger partial charge in [0.2, 0.25) is 5.95 Å². The van der Waals surface area contributed by atoms with Crippen molar-refractivity contribution < 1.29 is 10.0 Å². The first-order valence-electron chi connectivity index (χ1n) is 5.53. The summed E-state index contributed by atoms with van der Waals surface area (Å²) in [6.45, 7) is 1.83. The molecule has 1 N–H and O–H groups in total. The second-order valence-electron chi connectivity index (χ2n) is 4.11. The van der Waals surface area contributed by atoms with Gasteiger partial charge in [-0.05, 0) is 18.8 Å². The van der Waals surface area contributed by atoms with E-state index in [1.54, 1.807) is 0 Å². The molecule has 0 spiro atoms. The van der Waals surface area contributed by atoms with Crippen LogP contribution in [-0.4, -0.2) is 39.7 Å². The van der Waals surface area contributed by atoms with Gasteiger partial charge >= 0.3 is 5.69 Å². The minimum atomic E-state index is -0.512. The standard InChI is InChI=1S/C10H14N4O3/c15-4-2-8-1-3-13(7-8)10-11-5-9(6-12-10)14(16)17/h5-6,8,15H,1-4,7H2. The summed E-state index contributed by atoms with van der Waals surface area (Å²) in [7, 11) is 0. The third kappa shape index (κ3) is 2.68. The summed E-state index contributed by atoms with van der Waals surface area (Å²) in [6, 6.07) is 0. The first kappa shape index (κ1) is 11.7. The van der Waals surface area contributed by atoms with Crippen molar-refractivity contribution in [3.05, 3.63) is 22.5 Å². The van der Waals surface area contributed by atoms with Crippen molar-refractivity contribution in [1.82, 2.24) is 9.97 Å². The molecule has 1 aromatic rings. The highest BCUT2D eigenvalue weighted by atomic mass is 16.6. The molecule has 0 aliphatic carbocycles. The highest BCUT2D eigenvalue weighted by Crippen LogP contribution is 2.23. The third-order valence-corrected chi connectivity index (χ3v) is 2.94. The molecule has 1 fully saturated rings. The molecule has 0 radical (unpaired) electrons. The Bertz CT molecular complexity index is 395. The Morgan fingerprint density at radius 2 is 2.24 bits per heavy atom. The van der Waals surface area contributed by atoms with Gasteiger partial charge in [0, 0.05) is 19.7 Å². The molecule has 1 aromatic heterocycles. The van der Waals surface area contributed by atoms with Crippen molar-refractivity contribution >= 4 is 11.6 Å². The number of nitro groups is 1. The van der Waals surface area contributed by atoms with Crippen LogP contribution < -0.4 is 4.90 Å². The van der Waals surface area contributed by atoms with E-state index < -0.39 is 4.92 Å². The maximum absolute atomic E-state index is 10.5. The minimum absolute atomic E-state index is 0.0974. The number of nitrogens with zero attached hydrogens (tertiary/aromatic N) is 4. The molecule has 0 aromatic carbocycles. The monoisotopic (exact) mass is 238 g/mol. The van der Waals surface area contributed by atoms with E-state index >= 15 is 0 Å². The lowest BCUT2D eigenvalue weighted by molar-refractivity contribution is -0.385. The highest BCUT2D eigenvalue weighted by Gasteiger charge is 2.24. The summed E-state index contributed by atoms with van der Waals surface area (Å²) in [5.74, 6) is 0.981. The molecule has 0 saturated carbocycles. The van der Waals surface area contributed by atoms with Gasteiger partial charge in [-0.1, -0.05) is 0 Å². The van der Waals surface area contributed by atoms with Crippen molar-refractivity contribution in [2.75, 3.05) is 24.6 Å². The largest absolute Gasteiger partial charge is 0.396 e. The van der Waals surface area contributed by atoms with Crippen LogP contribution in [0.2, 0.25) is 0 Å². The van der Waals surface area contributed by atoms with Gasteiger partial charge in [-0.2, -0.15) is 0 Å². The molecule has 2 rings (SSSR count). The van der Waals surface area contributed by atoms with Gasteiger partial charge in [0.05, 0.1) is 4.92 Å². The molecule has 7 nitrogen and oxygen atoms in total. The van der Waals surface area contributed by atoms with E-state index in [1.165, 1.54) is 12.4 Å². The molecular weight excluding hydrogens is 224 g/mol. The van der Waals surface area contributed by atoms with Crippen LogP contribution in [0, 0.1) is 16.0 Å². The van der Waals surface area contributed by atoms with Gasteiger partial charge in [0.15, 0.2) is 0 Å². The zero-order valence-electron chi connectivity index (χ0n) is 9.32. The van der Waals surface area contributed by atoms with E-state index in [1.807, 2.05) is 4.90 Å². The summed E-state index contributed by atoms with van der Waals surface area (Å²) in [5.41, 5.74) is -0.0974. The van der Waals surface area contributed by atoms with Crippen molar-refractivity contribution in [3.8, 4) is 0 Å². The Morgan fingerprint density at radius 1 is 1.53 bits per heavy atom. The van der Waals surface area contributed by atoms with Crippen LogP contribution in [0.1, 0.15) is 12.8 Å². The van der Waals surface area contributed by atoms with E-state index in [4.69, 9.17) is 5.11 Å². The molecule has 0 amide bonds. The summed E-state index contributed by atoms with van der Waals surface area (Å²) < 4.78 is 0. The number of aliphatic hydroxyl groups is 1. The van der Waals surface area contributed by atoms with Gasteiger partial charge in [-0.25, -0.2) is 9.97 Å². The Labute approximate surface area is 98.3 Å². The van der Waals surface area contributed by atoms with E-state index in [9.17, 15) is 10.1 Å². The van der Waals surface area contributed by atoms with E-state index in [0.29, 0.717) is 11.9 Å². The van der Waals surface area contributed by atoms with Crippen LogP contribution in [0.15, 0.2) is 12.4 Å². The van der Waals surface area contributed by atoms with Crippen LogP contribution in [0.4, 0.5) is 11.6 Å². The first-order valence-corrected chi connectivity index (χ1v) is 5.53. The molecule has 1 atom stereocenters. The van der Waals surface area contributed by atoms with Gasteiger partial charge in [-0.15, -0.1) is 0 Å². The Hall–Kier alpha value is -1.76. The fourth-order valence-corrected chi connectivity index (χ4v) is 2.00. The highest BCUT2D eigenvalue weighted by molar-refractivity contribution is 5.35. The quantitative estimate of drug-likeness (QED) is 0.609. The summed E-state index contributed by atoms with van der Waals surface area (Å²) >= 11 is 0. The topological polar surface area (TPSA) is 92.4 Å². The summed E-state index contributed by atoms with van der Waals surface area (Å²) in [5, 5.41) is 19.3. The SMILES string of the molecule is O=[N+]([O-])c1cnc(N2CCC(CCO)C2)nc1. The van der Waals surface area contributed by atoms with Crippen LogP contribution in [0.25, 0.3) is 0 Å². The Balaban J connectivity index is 2.01. The Kier molecular flexibility index (Phi) is 3.48. The fourth-order valence-electron chi connectivity index (χ4n) is 2.00. The van der Waals surface area contributed by atoms with Crippen molar-refractivity contribution in [2.24, 2.45) is 5.92 Å². The van der Waals surface area contributed by atoms with E-state index in [-0.39, 0.29) is 12.3 Å². The predicted molar refractivity (Wildman–Crippen MR) is 60.7 cm³/mol. The minimum Gasteiger partial charge on any atom is -0.396 e. The number of aromatic nitrogens is 2. The maximum Gasteiger partial charge on any atom is 0.305 e. The summed E-state index contributed by atoms with van der Waals surface area (Å²) in [6.07, 6.45) is 4.23. The van der Waals surface area contributed by atoms with Crippen molar-refractivity contribution in [1.29, 1.82) is 0 Å². The van der Waals surface area contributed by atoms with Gasteiger partial charge in [0.1, 0.15) is 12.4 Å². The summed E-state index contributed by atoms with van der Waals surface area (Å²) in [4.78, 5) is 19.9. The van der Waals surface area contributed by atoms with Crippen LogP contribution in [0.5, 0.6) is 0 Å². The average Bonchev–Trinajstić information content (AvgIpc) is 2.78. The number of aliphatic hydroxyl groups excluding tert-OH is 1. The molecule has 1 unspecified atom stereocenters. The number of anilines is 1. The lowest BCUT2D eigenvalue weighted by atomic mass is 10.1. The molecule has 17 heavy (non-hydrogen) atoms. The normalized spacial score (nSPS) is 19.6. The zero-order chi connectivity index (χ0) is 12.3. The fraction of sp³-hybridized carbons (Fsp3) is 0.600. The molecule has 7 heteroatoms. The van der Waals surface area contributed by atoms with Crippen LogP contribution in [0.3, 0.4) is 0 Å².